The van der Waals surface area contributed by atoms with E-state index in [2.05, 4.69) is 0 Å². The molecule has 2 heterocycles. The van der Waals surface area contributed by atoms with Gasteiger partial charge in [-0.15, -0.1) is 0 Å². The van der Waals surface area contributed by atoms with Gasteiger partial charge in [-0.05, 0) is 12.8 Å². The quantitative estimate of drug-likeness (QED) is 0.571. The summed E-state index contributed by atoms with van der Waals surface area (Å²) in [6, 6.07) is 0. The van der Waals surface area contributed by atoms with Gasteiger partial charge in [0.1, 0.15) is 5.60 Å². The van der Waals surface area contributed by atoms with Crippen LogP contribution in [0, 0.1) is 0 Å². The Balaban J connectivity index is 0.000000396. The summed E-state index contributed by atoms with van der Waals surface area (Å²) >= 11 is 0. The Hall–Kier alpha value is -0.570. The predicted octanol–water partition coefficient (Wildman–Crippen LogP) is 1.42. The zero-order valence-corrected chi connectivity index (χ0v) is 8.80. The molecule has 3 nitrogen and oxygen atoms in total. The summed E-state index contributed by atoms with van der Waals surface area (Å²) in [6.45, 7) is 8.14. The first-order valence-corrected chi connectivity index (χ1v) is 5.11. The van der Waals surface area contributed by atoms with Gasteiger partial charge in [0.15, 0.2) is 0 Å². The van der Waals surface area contributed by atoms with Crippen molar-refractivity contribution in [2.45, 2.75) is 39.2 Å². The highest BCUT2D eigenvalue weighted by molar-refractivity contribution is 5.74. The van der Waals surface area contributed by atoms with E-state index >= 15 is 0 Å². The molecular formula is C10H19NO2. The number of amides is 1. The largest absolute Gasteiger partial charge is 0.371 e. The molecule has 0 saturated carbocycles. The minimum atomic E-state index is 0.0751. The molecule has 0 N–H and O–H groups in total. The molecule has 1 amide bonds. The van der Waals surface area contributed by atoms with Gasteiger partial charge < -0.3 is 9.64 Å². The minimum Gasteiger partial charge on any atom is -0.371 e. The van der Waals surface area contributed by atoms with Crippen molar-refractivity contribution in [3.63, 3.8) is 0 Å². The normalized spacial score (nSPS) is 23.5. The molecule has 3 heteroatoms. The van der Waals surface area contributed by atoms with Crippen LogP contribution >= 0.6 is 0 Å². The lowest BCUT2D eigenvalue weighted by Crippen LogP contribution is -2.62. The molecule has 2 aliphatic heterocycles. The van der Waals surface area contributed by atoms with Crippen molar-refractivity contribution in [1.82, 2.24) is 4.90 Å². The van der Waals surface area contributed by atoms with E-state index in [-0.39, 0.29) is 11.5 Å². The molecular weight excluding hydrogens is 166 g/mol. The first-order chi connectivity index (χ1) is 6.22. The van der Waals surface area contributed by atoms with Crippen LogP contribution in [0.3, 0.4) is 0 Å². The second-order valence-electron chi connectivity index (χ2n) is 3.51. The van der Waals surface area contributed by atoms with Crippen molar-refractivity contribution in [2.24, 2.45) is 0 Å². The smallest absolute Gasteiger partial charge is 0.219 e. The van der Waals surface area contributed by atoms with Crippen molar-refractivity contribution in [3.05, 3.63) is 0 Å². The third-order valence-corrected chi connectivity index (χ3v) is 2.59. The number of hydrogen-bond donors (Lipinski definition) is 0. The maximum absolute atomic E-state index is 10.8. The summed E-state index contributed by atoms with van der Waals surface area (Å²) in [6.07, 6.45) is 2.29. The number of carbonyl (C=O) groups is 1. The summed E-state index contributed by atoms with van der Waals surface area (Å²) in [7, 11) is 0. The van der Waals surface area contributed by atoms with Crippen molar-refractivity contribution in [3.8, 4) is 0 Å². The molecule has 0 unspecified atom stereocenters. The van der Waals surface area contributed by atoms with Crippen LogP contribution in [0.2, 0.25) is 0 Å². The Morgan fingerprint density at radius 3 is 2.38 bits per heavy atom. The molecule has 2 rings (SSSR count). The molecule has 2 saturated heterocycles. The average molecular weight is 185 g/mol. The summed E-state index contributed by atoms with van der Waals surface area (Å²) in [5.74, 6) is 0.172. The zero-order chi connectivity index (χ0) is 9.90. The second kappa shape index (κ2) is 4.09. The topological polar surface area (TPSA) is 29.5 Å². The average Bonchev–Trinajstić information content (AvgIpc) is 2.53. The first kappa shape index (κ1) is 10.5. The fourth-order valence-electron chi connectivity index (χ4n) is 1.88. The van der Waals surface area contributed by atoms with Gasteiger partial charge >= 0.3 is 0 Å². The van der Waals surface area contributed by atoms with Gasteiger partial charge in [-0.1, -0.05) is 13.8 Å². The van der Waals surface area contributed by atoms with Gasteiger partial charge in [0.25, 0.3) is 0 Å². The number of ether oxygens (including phenoxy) is 1. The van der Waals surface area contributed by atoms with E-state index in [0.29, 0.717) is 0 Å². The highest BCUT2D eigenvalue weighted by atomic mass is 16.5. The van der Waals surface area contributed by atoms with Crippen LogP contribution in [0.15, 0.2) is 0 Å². The molecule has 0 aromatic heterocycles. The lowest BCUT2D eigenvalue weighted by Gasteiger charge is -2.46. The van der Waals surface area contributed by atoms with Crippen LogP contribution in [0.4, 0.5) is 0 Å². The highest BCUT2D eigenvalue weighted by Crippen LogP contribution is 2.34. The summed E-state index contributed by atoms with van der Waals surface area (Å²) in [5, 5.41) is 0. The Kier molecular flexibility index (Phi) is 3.31. The molecule has 1 spiro atoms. The highest BCUT2D eigenvalue weighted by Gasteiger charge is 2.47. The molecule has 0 aliphatic carbocycles. The Morgan fingerprint density at radius 1 is 1.38 bits per heavy atom. The lowest BCUT2D eigenvalue weighted by molar-refractivity contribution is -0.155. The lowest BCUT2D eigenvalue weighted by atomic mass is 9.91. The number of hydrogen-bond acceptors (Lipinski definition) is 2. The first-order valence-electron chi connectivity index (χ1n) is 5.11. The van der Waals surface area contributed by atoms with Gasteiger partial charge in [0.05, 0.1) is 13.1 Å². The van der Waals surface area contributed by atoms with Crippen molar-refractivity contribution in [1.29, 1.82) is 0 Å². The molecule has 0 radical (unpaired) electrons. The van der Waals surface area contributed by atoms with Gasteiger partial charge in [-0.2, -0.15) is 0 Å². The molecule has 0 aromatic carbocycles. The van der Waals surface area contributed by atoms with Crippen LogP contribution in [-0.2, 0) is 9.53 Å². The van der Waals surface area contributed by atoms with Gasteiger partial charge in [0, 0.05) is 13.5 Å². The van der Waals surface area contributed by atoms with Crippen LogP contribution in [0.25, 0.3) is 0 Å². The molecule has 2 fully saturated rings. The van der Waals surface area contributed by atoms with Crippen molar-refractivity contribution < 1.29 is 9.53 Å². The van der Waals surface area contributed by atoms with Gasteiger partial charge in [-0.3, -0.25) is 4.79 Å². The third-order valence-electron chi connectivity index (χ3n) is 2.59. The zero-order valence-electron chi connectivity index (χ0n) is 8.80. The number of carbonyl (C=O) groups excluding carboxylic acids is 1. The molecule has 0 bridgehead atoms. The Labute approximate surface area is 80.1 Å². The number of rotatable bonds is 0. The Bertz CT molecular complexity index is 177. The molecule has 76 valence electrons. The van der Waals surface area contributed by atoms with Crippen LogP contribution in [0.1, 0.15) is 33.6 Å². The molecule has 0 aromatic rings. The van der Waals surface area contributed by atoms with Gasteiger partial charge in [0.2, 0.25) is 5.91 Å². The van der Waals surface area contributed by atoms with E-state index in [1.165, 1.54) is 0 Å². The van der Waals surface area contributed by atoms with Crippen molar-refractivity contribution >= 4 is 5.91 Å². The number of likely N-dealkylation sites (tertiary alicyclic amines) is 1. The fraction of sp³-hybridized carbons (Fsp3) is 0.900. The molecule has 2 aliphatic rings. The minimum absolute atomic E-state index is 0.0751. The van der Waals surface area contributed by atoms with E-state index in [4.69, 9.17) is 4.74 Å². The Morgan fingerprint density at radius 2 is 2.00 bits per heavy atom. The van der Waals surface area contributed by atoms with Crippen molar-refractivity contribution in [2.75, 3.05) is 19.7 Å². The SMILES string of the molecule is CC.CC(=O)N1CC2(CCCO2)C1. The molecule has 13 heavy (non-hydrogen) atoms. The number of nitrogens with zero attached hydrogens (tertiary/aromatic N) is 1. The predicted molar refractivity (Wildman–Crippen MR) is 51.5 cm³/mol. The summed E-state index contributed by atoms with van der Waals surface area (Å²) in [4.78, 5) is 12.7. The maximum atomic E-state index is 10.8. The van der Waals surface area contributed by atoms with Crippen LogP contribution in [0.5, 0.6) is 0 Å². The van der Waals surface area contributed by atoms with E-state index in [0.717, 1.165) is 32.5 Å². The second-order valence-corrected chi connectivity index (χ2v) is 3.51. The van der Waals surface area contributed by atoms with Crippen LogP contribution in [-0.4, -0.2) is 36.1 Å². The van der Waals surface area contributed by atoms with E-state index < -0.39 is 0 Å². The fourth-order valence-corrected chi connectivity index (χ4v) is 1.88. The van der Waals surface area contributed by atoms with E-state index in [9.17, 15) is 4.79 Å². The van der Waals surface area contributed by atoms with E-state index in [1.54, 1.807) is 6.92 Å². The van der Waals surface area contributed by atoms with E-state index in [1.807, 2.05) is 18.7 Å². The third kappa shape index (κ3) is 2.02. The monoisotopic (exact) mass is 185 g/mol. The summed E-state index contributed by atoms with van der Waals surface area (Å²) < 4.78 is 5.56. The standard InChI is InChI=1S/C8H13NO2.C2H6/c1-7(10)9-5-8(6-9)3-2-4-11-8;1-2/h2-6H2,1H3;1-2H3. The summed E-state index contributed by atoms with van der Waals surface area (Å²) in [5.41, 5.74) is 0.0751. The van der Waals surface area contributed by atoms with Crippen LogP contribution < -0.4 is 0 Å². The van der Waals surface area contributed by atoms with Gasteiger partial charge in [-0.25, -0.2) is 0 Å². The molecule has 0 atom stereocenters. The maximum Gasteiger partial charge on any atom is 0.219 e.